The number of hydrogen-bond acceptors (Lipinski definition) is 5. The van der Waals surface area contributed by atoms with Crippen LogP contribution >= 0.6 is 0 Å². The third-order valence-corrected chi connectivity index (χ3v) is 5.21. The number of aryl methyl sites for hydroxylation is 1. The normalized spacial score (nSPS) is 13.0. The molecule has 3 aromatic rings. The molecule has 2 amide bonds. The summed E-state index contributed by atoms with van der Waals surface area (Å²) in [4.78, 5) is 24.0. The number of amides is 2. The molecular formula is C23H24FN5O3. The van der Waals surface area contributed by atoms with Crippen molar-refractivity contribution >= 4 is 17.7 Å². The van der Waals surface area contributed by atoms with Gasteiger partial charge in [0.2, 0.25) is 5.91 Å². The maximum absolute atomic E-state index is 14.3. The first-order valence-electron chi connectivity index (χ1n) is 10.6. The van der Waals surface area contributed by atoms with Crippen molar-refractivity contribution in [1.29, 1.82) is 0 Å². The van der Waals surface area contributed by atoms with Crippen LogP contribution in [-0.2, 0) is 29.1 Å². The standard InChI is InChI=1S/C23H24FN5O3/c24-18-11-10-17(22-28-27-20-9-5-2-6-12-29(20)22)13-19(18)26-21(30)14-25-23(31)32-15-16-7-3-1-4-8-16/h1,3-4,7-8,10-11,13H,2,5-6,9,12,14-15H2,(H,25,31)(H,26,30). The van der Waals surface area contributed by atoms with Gasteiger partial charge in [-0.15, -0.1) is 10.2 Å². The maximum atomic E-state index is 14.3. The molecule has 1 aliphatic heterocycles. The van der Waals surface area contributed by atoms with E-state index in [4.69, 9.17) is 4.74 Å². The first-order valence-corrected chi connectivity index (χ1v) is 10.6. The number of nitrogens with one attached hydrogen (secondary N) is 2. The highest BCUT2D eigenvalue weighted by atomic mass is 19.1. The number of carbonyl (C=O) groups is 2. The van der Waals surface area contributed by atoms with Crippen molar-refractivity contribution in [3.63, 3.8) is 0 Å². The SMILES string of the molecule is O=C(CNC(=O)OCc1ccccc1)Nc1cc(-c2nnc3n2CCCCC3)ccc1F. The predicted molar refractivity (Wildman–Crippen MR) is 116 cm³/mol. The predicted octanol–water partition coefficient (Wildman–Crippen LogP) is 3.68. The number of rotatable bonds is 6. The van der Waals surface area contributed by atoms with E-state index in [0.717, 1.165) is 43.6 Å². The van der Waals surface area contributed by atoms with E-state index in [-0.39, 0.29) is 18.8 Å². The Bertz CT molecular complexity index is 1100. The van der Waals surface area contributed by atoms with E-state index in [1.54, 1.807) is 6.07 Å². The number of fused-ring (bicyclic) bond motifs is 1. The van der Waals surface area contributed by atoms with Crippen LogP contribution in [0.1, 0.15) is 30.7 Å². The second kappa shape index (κ2) is 10.0. The largest absolute Gasteiger partial charge is 0.445 e. The van der Waals surface area contributed by atoms with E-state index in [1.165, 1.54) is 12.1 Å². The molecule has 1 aliphatic rings. The summed E-state index contributed by atoms with van der Waals surface area (Å²) in [6.07, 6.45) is 3.38. The number of benzene rings is 2. The lowest BCUT2D eigenvalue weighted by atomic mass is 10.1. The molecule has 0 bridgehead atoms. The van der Waals surface area contributed by atoms with Gasteiger partial charge in [-0.25, -0.2) is 9.18 Å². The summed E-state index contributed by atoms with van der Waals surface area (Å²) >= 11 is 0. The van der Waals surface area contributed by atoms with Crippen molar-refractivity contribution in [2.45, 2.75) is 38.8 Å². The molecular weight excluding hydrogens is 413 g/mol. The summed E-state index contributed by atoms with van der Waals surface area (Å²) in [5.74, 6) is 0.424. The Labute approximate surface area is 184 Å². The molecule has 0 saturated carbocycles. The fourth-order valence-electron chi connectivity index (χ4n) is 3.58. The summed E-state index contributed by atoms with van der Waals surface area (Å²) in [7, 11) is 0. The van der Waals surface area contributed by atoms with E-state index < -0.39 is 17.8 Å². The zero-order chi connectivity index (χ0) is 22.3. The summed E-state index contributed by atoms with van der Waals surface area (Å²) < 4.78 is 21.4. The van der Waals surface area contributed by atoms with Gasteiger partial charge in [0, 0.05) is 18.5 Å². The Morgan fingerprint density at radius 1 is 1.06 bits per heavy atom. The van der Waals surface area contributed by atoms with Gasteiger partial charge in [-0.2, -0.15) is 0 Å². The molecule has 2 heterocycles. The van der Waals surface area contributed by atoms with E-state index in [0.29, 0.717) is 11.4 Å². The number of aromatic nitrogens is 3. The Morgan fingerprint density at radius 2 is 1.91 bits per heavy atom. The number of nitrogens with zero attached hydrogens (tertiary/aromatic N) is 3. The van der Waals surface area contributed by atoms with Crippen LogP contribution < -0.4 is 10.6 Å². The van der Waals surface area contributed by atoms with Gasteiger partial charge < -0.3 is 19.9 Å². The van der Waals surface area contributed by atoms with Gasteiger partial charge in [-0.3, -0.25) is 4.79 Å². The fourth-order valence-corrected chi connectivity index (χ4v) is 3.58. The Balaban J connectivity index is 1.35. The number of halogens is 1. The first-order chi connectivity index (χ1) is 15.6. The summed E-state index contributed by atoms with van der Waals surface area (Å²) in [5.41, 5.74) is 1.51. The lowest BCUT2D eigenvalue weighted by Crippen LogP contribution is -2.33. The molecule has 2 aromatic carbocycles. The van der Waals surface area contributed by atoms with E-state index in [9.17, 15) is 14.0 Å². The van der Waals surface area contributed by atoms with Crippen LogP contribution in [0.15, 0.2) is 48.5 Å². The zero-order valence-electron chi connectivity index (χ0n) is 17.5. The van der Waals surface area contributed by atoms with Gasteiger partial charge in [0.05, 0.1) is 5.69 Å². The van der Waals surface area contributed by atoms with Crippen molar-refractivity contribution in [1.82, 2.24) is 20.1 Å². The molecule has 0 unspecified atom stereocenters. The van der Waals surface area contributed by atoms with Gasteiger partial charge in [0.1, 0.15) is 24.8 Å². The molecule has 32 heavy (non-hydrogen) atoms. The van der Waals surface area contributed by atoms with Crippen LogP contribution in [0.25, 0.3) is 11.4 Å². The number of anilines is 1. The van der Waals surface area contributed by atoms with Crippen LogP contribution in [0, 0.1) is 5.82 Å². The highest BCUT2D eigenvalue weighted by Crippen LogP contribution is 2.26. The topological polar surface area (TPSA) is 98.1 Å². The molecule has 9 heteroatoms. The second-order valence-corrected chi connectivity index (χ2v) is 7.56. The van der Waals surface area contributed by atoms with Crippen LogP contribution in [0.5, 0.6) is 0 Å². The quantitative estimate of drug-likeness (QED) is 0.613. The molecule has 2 N–H and O–H groups in total. The highest BCUT2D eigenvalue weighted by molar-refractivity contribution is 5.94. The van der Waals surface area contributed by atoms with Crippen LogP contribution in [0.4, 0.5) is 14.9 Å². The molecule has 4 rings (SSSR count). The van der Waals surface area contributed by atoms with Gasteiger partial charge >= 0.3 is 6.09 Å². The molecule has 1 aromatic heterocycles. The maximum Gasteiger partial charge on any atom is 0.407 e. The van der Waals surface area contributed by atoms with Crippen molar-refractivity contribution in [3.05, 3.63) is 65.7 Å². The summed E-state index contributed by atoms with van der Waals surface area (Å²) in [6.45, 7) is 0.553. The van der Waals surface area contributed by atoms with Gasteiger partial charge in [-0.1, -0.05) is 36.8 Å². The minimum Gasteiger partial charge on any atom is -0.445 e. The number of alkyl carbamates (subject to hydrolysis) is 1. The summed E-state index contributed by atoms with van der Waals surface area (Å²) in [5, 5.41) is 13.4. The highest BCUT2D eigenvalue weighted by Gasteiger charge is 2.18. The van der Waals surface area contributed by atoms with Crippen LogP contribution in [0.2, 0.25) is 0 Å². The van der Waals surface area contributed by atoms with Gasteiger partial charge in [-0.05, 0) is 36.6 Å². The lowest BCUT2D eigenvalue weighted by Gasteiger charge is -2.11. The molecule has 0 atom stereocenters. The first kappa shape index (κ1) is 21.5. The molecule has 0 aliphatic carbocycles. The second-order valence-electron chi connectivity index (χ2n) is 7.56. The average molecular weight is 437 g/mol. The Kier molecular flexibility index (Phi) is 6.74. The Morgan fingerprint density at radius 3 is 2.75 bits per heavy atom. The fraction of sp³-hybridized carbons (Fsp3) is 0.304. The monoisotopic (exact) mass is 437 g/mol. The van der Waals surface area contributed by atoms with Gasteiger partial charge in [0.25, 0.3) is 0 Å². The van der Waals surface area contributed by atoms with Crippen molar-refractivity contribution < 1.29 is 18.7 Å². The van der Waals surface area contributed by atoms with Crippen molar-refractivity contribution in [2.75, 3.05) is 11.9 Å². The minimum absolute atomic E-state index is 0.0120. The van der Waals surface area contributed by atoms with E-state index in [1.807, 2.05) is 30.3 Å². The number of carbonyl (C=O) groups excluding carboxylic acids is 2. The van der Waals surface area contributed by atoms with Crippen LogP contribution in [-0.4, -0.2) is 33.3 Å². The molecule has 0 spiro atoms. The zero-order valence-corrected chi connectivity index (χ0v) is 17.5. The average Bonchev–Trinajstić information content (AvgIpc) is 3.06. The van der Waals surface area contributed by atoms with Crippen molar-refractivity contribution in [3.8, 4) is 11.4 Å². The van der Waals surface area contributed by atoms with E-state index >= 15 is 0 Å². The van der Waals surface area contributed by atoms with Gasteiger partial charge in [0.15, 0.2) is 5.82 Å². The molecule has 0 radical (unpaired) electrons. The minimum atomic E-state index is -0.732. The smallest absolute Gasteiger partial charge is 0.407 e. The molecule has 0 saturated heterocycles. The van der Waals surface area contributed by atoms with E-state index in [2.05, 4.69) is 25.4 Å². The lowest BCUT2D eigenvalue weighted by molar-refractivity contribution is -0.115. The third kappa shape index (κ3) is 5.29. The van der Waals surface area contributed by atoms with Crippen LogP contribution in [0.3, 0.4) is 0 Å². The number of hydrogen-bond donors (Lipinski definition) is 2. The molecule has 166 valence electrons. The summed E-state index contributed by atoms with van der Waals surface area (Å²) in [6, 6.07) is 13.6. The molecule has 8 nitrogen and oxygen atoms in total. The third-order valence-electron chi connectivity index (χ3n) is 5.21. The van der Waals surface area contributed by atoms with Crippen molar-refractivity contribution in [2.24, 2.45) is 0 Å². The Hall–Kier alpha value is -3.75. The number of ether oxygens (including phenoxy) is 1. The molecule has 0 fully saturated rings.